The zero-order valence-corrected chi connectivity index (χ0v) is 12.4. The number of benzene rings is 1. The highest BCUT2D eigenvalue weighted by atomic mass is 32.2. The van der Waals surface area contributed by atoms with Gasteiger partial charge in [-0.2, -0.15) is 0 Å². The second kappa shape index (κ2) is 5.93. The normalized spacial score (nSPS) is 15.5. The van der Waals surface area contributed by atoms with E-state index in [0.717, 1.165) is 12.8 Å². The summed E-state index contributed by atoms with van der Waals surface area (Å²) in [7, 11) is 0. The van der Waals surface area contributed by atoms with Crippen molar-refractivity contribution in [2.45, 2.75) is 48.7 Å². The molecule has 110 valence electrons. The number of hydrogen-bond acceptors (Lipinski definition) is 5. The molecule has 1 aromatic heterocycles. The Balaban J connectivity index is 1.91. The van der Waals surface area contributed by atoms with E-state index in [1.807, 2.05) is 4.68 Å². The van der Waals surface area contributed by atoms with Gasteiger partial charge >= 0.3 is 0 Å². The summed E-state index contributed by atoms with van der Waals surface area (Å²) in [5, 5.41) is 12.5. The fourth-order valence-corrected chi connectivity index (χ4v) is 3.60. The molecule has 0 aliphatic heterocycles. The van der Waals surface area contributed by atoms with Gasteiger partial charge in [-0.1, -0.05) is 12.8 Å². The summed E-state index contributed by atoms with van der Waals surface area (Å²) in [6.45, 7) is 1.43. The SMILES string of the molecule is CC(=O)c1cc(F)ccc1Sc1nnnn1C1CCCC1. The van der Waals surface area contributed by atoms with Crippen LogP contribution in [0.1, 0.15) is 49.0 Å². The van der Waals surface area contributed by atoms with Crippen LogP contribution < -0.4 is 0 Å². The number of rotatable bonds is 4. The lowest BCUT2D eigenvalue weighted by molar-refractivity contribution is 0.101. The summed E-state index contributed by atoms with van der Waals surface area (Å²) in [6, 6.07) is 4.53. The van der Waals surface area contributed by atoms with E-state index in [1.54, 1.807) is 6.07 Å². The molecule has 7 heteroatoms. The molecule has 0 radical (unpaired) electrons. The van der Waals surface area contributed by atoms with Crippen LogP contribution in [0.3, 0.4) is 0 Å². The maximum Gasteiger partial charge on any atom is 0.214 e. The number of carbonyl (C=O) groups is 1. The van der Waals surface area contributed by atoms with Gasteiger partial charge in [-0.25, -0.2) is 9.07 Å². The van der Waals surface area contributed by atoms with E-state index < -0.39 is 5.82 Å². The standard InChI is InChI=1S/C14H15FN4OS/c1-9(20)12-8-10(15)6-7-13(12)21-14-16-17-18-19(14)11-4-2-3-5-11/h6-8,11H,2-5H2,1H3. The van der Waals surface area contributed by atoms with Gasteiger partial charge < -0.3 is 0 Å². The lowest BCUT2D eigenvalue weighted by atomic mass is 10.1. The van der Waals surface area contributed by atoms with Crippen LogP contribution in [0.25, 0.3) is 0 Å². The Bertz CT molecular complexity index is 667. The first-order valence-electron chi connectivity index (χ1n) is 6.91. The fraction of sp³-hybridized carbons (Fsp3) is 0.429. The quantitative estimate of drug-likeness (QED) is 0.811. The summed E-state index contributed by atoms with van der Waals surface area (Å²) < 4.78 is 15.1. The molecule has 0 bridgehead atoms. The molecule has 3 rings (SSSR count). The summed E-state index contributed by atoms with van der Waals surface area (Å²) in [5.74, 6) is -0.586. The molecule has 0 atom stereocenters. The molecule has 0 N–H and O–H groups in total. The lowest BCUT2D eigenvalue weighted by Crippen LogP contribution is -2.08. The van der Waals surface area contributed by atoms with Crippen LogP contribution in [0.2, 0.25) is 0 Å². The smallest absolute Gasteiger partial charge is 0.214 e. The highest BCUT2D eigenvalue weighted by Gasteiger charge is 2.22. The third kappa shape index (κ3) is 2.97. The number of carbonyl (C=O) groups excluding carboxylic acids is 1. The summed E-state index contributed by atoms with van der Waals surface area (Å²) in [6.07, 6.45) is 4.51. The van der Waals surface area contributed by atoms with Crippen LogP contribution >= 0.6 is 11.8 Å². The average Bonchev–Trinajstić information content (AvgIpc) is 3.11. The fourth-order valence-electron chi connectivity index (χ4n) is 2.60. The van der Waals surface area contributed by atoms with E-state index in [2.05, 4.69) is 15.5 Å². The van der Waals surface area contributed by atoms with Gasteiger partial charge in [0.15, 0.2) is 5.78 Å². The molecule has 1 saturated carbocycles. The van der Waals surface area contributed by atoms with E-state index in [-0.39, 0.29) is 5.78 Å². The van der Waals surface area contributed by atoms with Gasteiger partial charge in [0.25, 0.3) is 0 Å². The van der Waals surface area contributed by atoms with Crippen LogP contribution in [0.5, 0.6) is 0 Å². The molecule has 0 amide bonds. The molecule has 1 aliphatic carbocycles. The minimum atomic E-state index is -0.417. The number of tetrazole rings is 1. The van der Waals surface area contributed by atoms with Crippen LogP contribution in [0, 0.1) is 5.82 Å². The number of ketones is 1. The molecule has 0 spiro atoms. The first kappa shape index (κ1) is 14.2. The van der Waals surface area contributed by atoms with Crippen molar-refractivity contribution < 1.29 is 9.18 Å². The van der Waals surface area contributed by atoms with Crippen LogP contribution in [-0.4, -0.2) is 26.0 Å². The topological polar surface area (TPSA) is 60.7 Å². The summed E-state index contributed by atoms with van der Waals surface area (Å²) in [5.41, 5.74) is 0.362. The molecular formula is C14H15FN4OS. The Morgan fingerprint density at radius 2 is 2.14 bits per heavy atom. The Kier molecular flexibility index (Phi) is 4.01. The van der Waals surface area contributed by atoms with Gasteiger partial charge in [0.2, 0.25) is 5.16 Å². The number of halogens is 1. The van der Waals surface area contributed by atoms with Gasteiger partial charge in [-0.3, -0.25) is 4.79 Å². The Labute approximate surface area is 125 Å². The van der Waals surface area contributed by atoms with Crippen molar-refractivity contribution in [1.82, 2.24) is 20.2 Å². The van der Waals surface area contributed by atoms with Gasteiger partial charge in [0, 0.05) is 10.5 Å². The van der Waals surface area contributed by atoms with Crippen molar-refractivity contribution in [2.75, 3.05) is 0 Å². The van der Waals surface area contributed by atoms with Crippen LogP contribution in [0.4, 0.5) is 4.39 Å². The van der Waals surface area contributed by atoms with Crippen molar-refractivity contribution in [3.8, 4) is 0 Å². The second-order valence-electron chi connectivity index (χ2n) is 5.14. The first-order valence-corrected chi connectivity index (χ1v) is 7.73. The predicted molar refractivity (Wildman–Crippen MR) is 75.8 cm³/mol. The lowest BCUT2D eigenvalue weighted by Gasteiger charge is -2.11. The molecule has 21 heavy (non-hydrogen) atoms. The van der Waals surface area contributed by atoms with Crippen molar-refractivity contribution in [2.24, 2.45) is 0 Å². The third-order valence-corrected chi connectivity index (χ3v) is 4.68. The van der Waals surface area contributed by atoms with E-state index >= 15 is 0 Å². The number of aromatic nitrogens is 4. The van der Waals surface area contributed by atoms with Gasteiger partial charge in [0.1, 0.15) is 5.82 Å². The Morgan fingerprint density at radius 1 is 1.38 bits per heavy atom. The zero-order valence-electron chi connectivity index (χ0n) is 11.6. The molecule has 0 unspecified atom stereocenters. The van der Waals surface area contributed by atoms with Crippen molar-refractivity contribution in [1.29, 1.82) is 0 Å². The molecule has 1 aliphatic rings. The summed E-state index contributed by atoms with van der Waals surface area (Å²) in [4.78, 5) is 12.3. The van der Waals surface area contributed by atoms with E-state index in [1.165, 1.54) is 43.7 Å². The minimum absolute atomic E-state index is 0.170. The number of nitrogens with zero attached hydrogens (tertiary/aromatic N) is 4. The molecule has 2 aromatic rings. The van der Waals surface area contributed by atoms with E-state index in [0.29, 0.717) is 21.7 Å². The Hall–Kier alpha value is -1.76. The highest BCUT2D eigenvalue weighted by molar-refractivity contribution is 7.99. The van der Waals surface area contributed by atoms with Gasteiger partial charge in [-0.15, -0.1) is 5.10 Å². The second-order valence-corrected chi connectivity index (χ2v) is 6.15. The maximum atomic E-state index is 13.3. The highest BCUT2D eigenvalue weighted by Crippen LogP contribution is 2.35. The summed E-state index contributed by atoms with van der Waals surface area (Å²) >= 11 is 1.31. The third-order valence-electron chi connectivity index (χ3n) is 3.66. The van der Waals surface area contributed by atoms with Crippen LogP contribution in [0.15, 0.2) is 28.3 Å². The van der Waals surface area contributed by atoms with E-state index in [4.69, 9.17) is 0 Å². The van der Waals surface area contributed by atoms with Gasteiger partial charge in [0.05, 0.1) is 6.04 Å². The van der Waals surface area contributed by atoms with Crippen LogP contribution in [-0.2, 0) is 0 Å². The molecule has 1 heterocycles. The van der Waals surface area contributed by atoms with Crippen molar-refractivity contribution in [3.63, 3.8) is 0 Å². The molecular weight excluding hydrogens is 291 g/mol. The van der Waals surface area contributed by atoms with Gasteiger partial charge in [-0.05, 0) is 60.2 Å². The molecule has 5 nitrogen and oxygen atoms in total. The average molecular weight is 306 g/mol. The monoisotopic (exact) mass is 306 g/mol. The van der Waals surface area contributed by atoms with Crippen molar-refractivity contribution in [3.05, 3.63) is 29.6 Å². The molecule has 1 aromatic carbocycles. The predicted octanol–water partition coefficient (Wildman–Crippen LogP) is 3.28. The zero-order chi connectivity index (χ0) is 14.8. The molecule has 1 fully saturated rings. The largest absolute Gasteiger partial charge is 0.294 e. The minimum Gasteiger partial charge on any atom is -0.294 e. The number of Topliss-reactive ketones (excluding diaryl/α,β-unsaturated/α-hetero) is 1. The number of hydrogen-bond donors (Lipinski definition) is 0. The first-order chi connectivity index (χ1) is 10.1. The van der Waals surface area contributed by atoms with E-state index in [9.17, 15) is 9.18 Å². The van der Waals surface area contributed by atoms with Crippen molar-refractivity contribution >= 4 is 17.5 Å². The Morgan fingerprint density at radius 3 is 2.86 bits per heavy atom. The molecule has 0 saturated heterocycles. The maximum absolute atomic E-state index is 13.3.